The van der Waals surface area contributed by atoms with Gasteiger partial charge in [0.2, 0.25) is 5.82 Å². The Morgan fingerprint density at radius 1 is 0.780 bits per heavy atom. The number of ether oxygens (including phenoxy) is 5. The van der Waals surface area contributed by atoms with Crippen LogP contribution < -0.4 is 23.7 Å². The average Bonchev–Trinajstić information content (AvgIpc) is 3.44. The first-order chi connectivity index (χ1) is 20.0. The number of rotatable bonds is 7. The van der Waals surface area contributed by atoms with Gasteiger partial charge < -0.3 is 33.1 Å². The molecular formula is C32H31N3O6. The van der Waals surface area contributed by atoms with Crippen molar-refractivity contribution in [3.8, 4) is 40.1 Å². The van der Waals surface area contributed by atoms with Gasteiger partial charge in [0, 0.05) is 30.1 Å². The van der Waals surface area contributed by atoms with Gasteiger partial charge in [0.05, 0.1) is 35.5 Å². The minimum atomic E-state index is 0.419. The standard InChI is InChI=1S/C32H31N3O6/c1-35-14-13-21-22-12-9-19-15-26(37-3)27(38-4)17-23(19)28(22)30(40-6)29(39-5)24(21)16-25(35)32-33-31(34-41-32)18-7-10-20(36-2)11-8-18/h7-12,15-17H,13-14H2,1-6H3. The Balaban J connectivity index is 1.56. The summed E-state index contributed by atoms with van der Waals surface area (Å²) in [5.74, 6) is 4.28. The van der Waals surface area contributed by atoms with Crippen molar-refractivity contribution in [2.75, 3.05) is 49.1 Å². The third-order valence-electron chi connectivity index (χ3n) is 7.64. The average molecular weight is 554 g/mol. The molecule has 0 atom stereocenters. The van der Waals surface area contributed by atoms with Crippen LogP contribution in [0.3, 0.4) is 0 Å². The monoisotopic (exact) mass is 553 g/mol. The molecule has 41 heavy (non-hydrogen) atoms. The summed E-state index contributed by atoms with van der Waals surface area (Å²) < 4.78 is 34.3. The molecule has 4 aromatic carbocycles. The van der Waals surface area contributed by atoms with Crippen molar-refractivity contribution in [3.63, 3.8) is 0 Å². The number of benzene rings is 4. The highest BCUT2D eigenvalue weighted by atomic mass is 16.5. The van der Waals surface area contributed by atoms with Crippen molar-refractivity contribution in [2.24, 2.45) is 0 Å². The fraction of sp³-hybridized carbons (Fsp3) is 0.250. The normalized spacial score (nSPS) is 13.0. The lowest BCUT2D eigenvalue weighted by molar-refractivity contribution is 0.355. The number of aromatic nitrogens is 2. The number of likely N-dealkylation sites (N-methyl/N-ethyl adjacent to an activating group) is 1. The van der Waals surface area contributed by atoms with Gasteiger partial charge in [-0.25, -0.2) is 0 Å². The number of hydrogen-bond acceptors (Lipinski definition) is 9. The highest BCUT2D eigenvalue weighted by molar-refractivity contribution is 6.15. The van der Waals surface area contributed by atoms with Crippen LogP contribution in [0.4, 0.5) is 0 Å². The van der Waals surface area contributed by atoms with Crippen LogP contribution in [0.15, 0.2) is 53.1 Å². The van der Waals surface area contributed by atoms with Gasteiger partial charge in [-0.05, 0) is 70.6 Å². The Hall–Kier alpha value is -4.92. The zero-order chi connectivity index (χ0) is 28.7. The number of methoxy groups -OCH3 is 5. The van der Waals surface area contributed by atoms with Crippen molar-refractivity contribution in [2.45, 2.75) is 6.42 Å². The zero-order valence-corrected chi connectivity index (χ0v) is 23.9. The molecule has 0 spiro atoms. The lowest BCUT2D eigenvalue weighted by Gasteiger charge is -2.20. The topological polar surface area (TPSA) is 88.3 Å². The van der Waals surface area contributed by atoms with Crippen LogP contribution in [0.2, 0.25) is 0 Å². The lowest BCUT2D eigenvalue weighted by atomic mass is 9.91. The van der Waals surface area contributed by atoms with E-state index in [0.717, 1.165) is 62.6 Å². The summed E-state index contributed by atoms with van der Waals surface area (Å²) in [6, 6.07) is 15.8. The Labute approximate surface area is 237 Å². The third kappa shape index (κ3) is 4.34. The first-order valence-corrected chi connectivity index (χ1v) is 13.2. The SMILES string of the molecule is COc1ccc(-c2noc(C3=Cc4c(OC)c(OC)c5c(ccc6cc(OC)c(OC)cc65)c4CCN3C)n2)cc1. The van der Waals surface area contributed by atoms with Gasteiger partial charge in [-0.2, -0.15) is 4.98 Å². The fourth-order valence-corrected chi connectivity index (χ4v) is 5.54. The Morgan fingerprint density at radius 2 is 1.51 bits per heavy atom. The maximum atomic E-state index is 6.04. The smallest absolute Gasteiger partial charge is 0.274 e. The molecule has 0 fully saturated rings. The molecule has 0 radical (unpaired) electrons. The largest absolute Gasteiger partial charge is 0.497 e. The molecule has 0 bridgehead atoms. The zero-order valence-electron chi connectivity index (χ0n) is 23.9. The van der Waals surface area contributed by atoms with E-state index in [4.69, 9.17) is 33.2 Å². The first kappa shape index (κ1) is 26.3. The van der Waals surface area contributed by atoms with Gasteiger partial charge in [0.15, 0.2) is 23.0 Å². The highest BCUT2D eigenvalue weighted by Crippen LogP contribution is 2.48. The minimum Gasteiger partial charge on any atom is -0.497 e. The summed E-state index contributed by atoms with van der Waals surface area (Å²) in [5, 5.41) is 8.29. The van der Waals surface area contributed by atoms with E-state index in [1.807, 2.05) is 49.5 Å². The quantitative estimate of drug-likeness (QED) is 0.223. The molecule has 0 amide bonds. The second-order valence-corrected chi connectivity index (χ2v) is 9.73. The molecule has 5 aromatic rings. The molecule has 2 heterocycles. The summed E-state index contributed by atoms with van der Waals surface area (Å²) in [5.41, 5.74) is 3.69. The van der Waals surface area contributed by atoms with Gasteiger partial charge in [-0.15, -0.1) is 0 Å². The van der Waals surface area contributed by atoms with E-state index in [-0.39, 0.29) is 0 Å². The van der Waals surface area contributed by atoms with E-state index in [1.54, 1.807) is 35.5 Å². The Morgan fingerprint density at radius 3 is 2.20 bits per heavy atom. The molecule has 210 valence electrons. The molecule has 6 rings (SSSR count). The molecule has 9 nitrogen and oxygen atoms in total. The predicted molar refractivity (Wildman–Crippen MR) is 158 cm³/mol. The van der Waals surface area contributed by atoms with Gasteiger partial charge in [0.1, 0.15) is 11.4 Å². The van der Waals surface area contributed by atoms with Crippen molar-refractivity contribution < 1.29 is 28.2 Å². The molecule has 1 aliphatic heterocycles. The maximum absolute atomic E-state index is 6.04. The van der Waals surface area contributed by atoms with Crippen LogP contribution in [-0.4, -0.2) is 64.2 Å². The molecule has 9 heteroatoms. The number of nitrogens with zero attached hydrogens (tertiary/aromatic N) is 3. The second kappa shape index (κ2) is 10.6. The van der Waals surface area contributed by atoms with Gasteiger partial charge in [-0.1, -0.05) is 17.3 Å². The van der Waals surface area contributed by atoms with E-state index in [2.05, 4.69) is 22.2 Å². The summed E-state index contributed by atoms with van der Waals surface area (Å²) in [6.45, 7) is 0.730. The summed E-state index contributed by atoms with van der Waals surface area (Å²) >= 11 is 0. The first-order valence-electron chi connectivity index (χ1n) is 13.2. The van der Waals surface area contributed by atoms with Crippen LogP contribution in [0.1, 0.15) is 17.0 Å². The van der Waals surface area contributed by atoms with Crippen LogP contribution in [-0.2, 0) is 6.42 Å². The van der Waals surface area contributed by atoms with E-state index < -0.39 is 0 Å². The van der Waals surface area contributed by atoms with Crippen LogP contribution in [0.25, 0.3) is 44.7 Å². The van der Waals surface area contributed by atoms with E-state index in [9.17, 15) is 0 Å². The van der Waals surface area contributed by atoms with E-state index >= 15 is 0 Å². The molecule has 0 unspecified atom stereocenters. The van der Waals surface area contributed by atoms with Gasteiger partial charge in [0.25, 0.3) is 5.89 Å². The Bertz CT molecular complexity index is 1790. The van der Waals surface area contributed by atoms with Crippen molar-refractivity contribution in [1.29, 1.82) is 0 Å². The summed E-state index contributed by atoms with van der Waals surface area (Å²) in [4.78, 5) is 6.86. The van der Waals surface area contributed by atoms with Gasteiger partial charge >= 0.3 is 0 Å². The maximum Gasteiger partial charge on any atom is 0.274 e. The fourth-order valence-electron chi connectivity index (χ4n) is 5.54. The molecule has 0 saturated heterocycles. The molecule has 0 N–H and O–H groups in total. The highest BCUT2D eigenvalue weighted by Gasteiger charge is 2.27. The number of fused-ring (bicyclic) bond motifs is 5. The van der Waals surface area contributed by atoms with Crippen molar-refractivity contribution in [3.05, 3.63) is 65.5 Å². The molecule has 1 aromatic heterocycles. The molecule has 1 aliphatic rings. The minimum absolute atomic E-state index is 0.419. The van der Waals surface area contributed by atoms with E-state index in [0.29, 0.717) is 34.7 Å². The molecular weight excluding hydrogens is 522 g/mol. The lowest BCUT2D eigenvalue weighted by Crippen LogP contribution is -2.18. The predicted octanol–water partition coefficient (Wildman–Crippen LogP) is 6.07. The Kier molecular flexibility index (Phi) is 6.78. The van der Waals surface area contributed by atoms with E-state index in [1.165, 1.54) is 0 Å². The number of hydrogen-bond donors (Lipinski definition) is 0. The summed E-state index contributed by atoms with van der Waals surface area (Å²) in [6.07, 6.45) is 2.81. The summed E-state index contributed by atoms with van der Waals surface area (Å²) in [7, 11) is 10.3. The molecule has 0 saturated carbocycles. The van der Waals surface area contributed by atoms with Crippen LogP contribution >= 0.6 is 0 Å². The van der Waals surface area contributed by atoms with Crippen molar-refractivity contribution in [1.82, 2.24) is 15.0 Å². The molecule has 0 aliphatic carbocycles. The van der Waals surface area contributed by atoms with Gasteiger partial charge in [-0.3, -0.25) is 0 Å². The van der Waals surface area contributed by atoms with Crippen molar-refractivity contribution >= 4 is 33.3 Å². The third-order valence-corrected chi connectivity index (χ3v) is 7.64. The van der Waals surface area contributed by atoms with Crippen LogP contribution in [0, 0.1) is 0 Å². The van der Waals surface area contributed by atoms with Crippen LogP contribution in [0.5, 0.6) is 28.7 Å². The second-order valence-electron chi connectivity index (χ2n) is 9.73.